The fourth-order valence-electron chi connectivity index (χ4n) is 2.82. The molecule has 2 aromatic rings. The average molecular weight is 369 g/mol. The number of rotatable bonds is 8. The molecule has 0 aromatic heterocycles. The van der Waals surface area contributed by atoms with Crippen molar-refractivity contribution in [3.8, 4) is 5.75 Å². The Labute approximate surface area is 160 Å². The molecule has 5 nitrogen and oxygen atoms in total. The molecule has 1 amide bonds. The molecular formula is C22H27NO4. The quantitative estimate of drug-likeness (QED) is 0.717. The van der Waals surface area contributed by atoms with Gasteiger partial charge < -0.3 is 14.8 Å². The molecule has 0 saturated heterocycles. The van der Waals surface area contributed by atoms with Gasteiger partial charge in [-0.2, -0.15) is 0 Å². The first-order valence-electron chi connectivity index (χ1n) is 9.10. The molecule has 1 atom stereocenters. The Morgan fingerprint density at radius 2 is 1.70 bits per heavy atom. The van der Waals surface area contributed by atoms with E-state index < -0.39 is 5.97 Å². The van der Waals surface area contributed by atoms with Crippen LogP contribution in [0, 0.1) is 6.92 Å². The number of nitrogens with one attached hydrogen (secondary N) is 1. The molecule has 27 heavy (non-hydrogen) atoms. The largest absolute Gasteiger partial charge is 0.482 e. The number of hydrogen-bond donors (Lipinski definition) is 1. The number of benzene rings is 2. The van der Waals surface area contributed by atoms with E-state index in [-0.39, 0.29) is 25.2 Å². The molecule has 1 N–H and O–H groups in total. The van der Waals surface area contributed by atoms with E-state index in [4.69, 9.17) is 9.47 Å². The Morgan fingerprint density at radius 3 is 2.33 bits per heavy atom. The first-order valence-corrected chi connectivity index (χ1v) is 9.10. The zero-order valence-corrected chi connectivity index (χ0v) is 16.3. The summed E-state index contributed by atoms with van der Waals surface area (Å²) in [5.74, 6) is 0.108. The van der Waals surface area contributed by atoms with E-state index in [9.17, 15) is 9.59 Å². The molecule has 2 aromatic carbocycles. The van der Waals surface area contributed by atoms with Gasteiger partial charge in [0.1, 0.15) is 5.75 Å². The third kappa shape index (κ3) is 6.44. The standard InChI is InChI=1S/C22H27NO4/c1-15(2)20-11-10-19(12-16(20)3)26-14-22(25)27-13-21(24)23-17(4)18-8-6-5-7-9-18/h5-12,15,17H,13-14H2,1-4H3,(H,23,24)/t17-/m1/s1. The molecule has 144 valence electrons. The number of carbonyl (C=O) groups is 2. The Morgan fingerprint density at radius 1 is 1.00 bits per heavy atom. The van der Waals surface area contributed by atoms with E-state index in [0.29, 0.717) is 11.7 Å². The van der Waals surface area contributed by atoms with Gasteiger partial charge in [-0.15, -0.1) is 0 Å². The second-order valence-corrected chi connectivity index (χ2v) is 6.82. The van der Waals surface area contributed by atoms with Crippen LogP contribution < -0.4 is 10.1 Å². The van der Waals surface area contributed by atoms with E-state index in [0.717, 1.165) is 11.1 Å². The number of aryl methyl sites for hydroxylation is 1. The van der Waals surface area contributed by atoms with Crippen LogP contribution >= 0.6 is 0 Å². The SMILES string of the molecule is Cc1cc(OCC(=O)OCC(=O)N[C@H](C)c2ccccc2)ccc1C(C)C. The van der Waals surface area contributed by atoms with E-state index in [2.05, 4.69) is 19.2 Å². The van der Waals surface area contributed by atoms with E-state index >= 15 is 0 Å². The molecule has 2 rings (SSSR count). The minimum absolute atomic E-state index is 0.156. The molecule has 5 heteroatoms. The summed E-state index contributed by atoms with van der Waals surface area (Å²) in [6.45, 7) is 7.58. The smallest absolute Gasteiger partial charge is 0.344 e. The summed E-state index contributed by atoms with van der Waals surface area (Å²) in [6.07, 6.45) is 0. The van der Waals surface area contributed by atoms with Crippen LogP contribution in [0.25, 0.3) is 0 Å². The van der Waals surface area contributed by atoms with Crippen LogP contribution in [0.15, 0.2) is 48.5 Å². The van der Waals surface area contributed by atoms with Crippen molar-refractivity contribution in [3.63, 3.8) is 0 Å². The second-order valence-electron chi connectivity index (χ2n) is 6.82. The maximum atomic E-state index is 11.9. The van der Waals surface area contributed by atoms with Crippen molar-refractivity contribution in [2.24, 2.45) is 0 Å². The van der Waals surface area contributed by atoms with Gasteiger partial charge in [-0.05, 0) is 48.6 Å². The highest BCUT2D eigenvalue weighted by Crippen LogP contribution is 2.23. The van der Waals surface area contributed by atoms with Gasteiger partial charge >= 0.3 is 5.97 Å². The zero-order chi connectivity index (χ0) is 19.8. The van der Waals surface area contributed by atoms with Gasteiger partial charge in [-0.25, -0.2) is 4.79 Å². The summed E-state index contributed by atoms with van der Waals surface area (Å²) in [5.41, 5.74) is 3.35. The normalized spacial score (nSPS) is 11.7. The number of esters is 1. The number of hydrogen-bond acceptors (Lipinski definition) is 4. The molecule has 0 heterocycles. The lowest BCUT2D eigenvalue weighted by Gasteiger charge is -2.14. The summed E-state index contributed by atoms with van der Waals surface area (Å²) in [5, 5.41) is 2.79. The van der Waals surface area contributed by atoms with Crippen LogP contribution in [0.5, 0.6) is 5.75 Å². The van der Waals surface area contributed by atoms with E-state index in [1.165, 1.54) is 5.56 Å². The van der Waals surface area contributed by atoms with E-state index in [1.54, 1.807) is 0 Å². The lowest BCUT2D eigenvalue weighted by molar-refractivity contribution is -0.150. The summed E-state index contributed by atoms with van der Waals surface area (Å²) >= 11 is 0. The highest BCUT2D eigenvalue weighted by atomic mass is 16.6. The Bertz CT molecular complexity index is 771. The lowest BCUT2D eigenvalue weighted by Crippen LogP contribution is -2.31. The first-order chi connectivity index (χ1) is 12.9. The second kappa shape index (κ2) is 9.76. The highest BCUT2D eigenvalue weighted by Gasteiger charge is 2.12. The Hall–Kier alpha value is -2.82. The Balaban J connectivity index is 1.74. The lowest BCUT2D eigenvalue weighted by atomic mass is 9.98. The van der Waals surface area contributed by atoms with Gasteiger partial charge in [0.2, 0.25) is 0 Å². The summed E-state index contributed by atoms with van der Waals surface area (Å²) < 4.78 is 10.4. The molecule has 0 aliphatic heterocycles. The van der Waals surface area contributed by atoms with Gasteiger partial charge in [0, 0.05) is 0 Å². The molecule has 0 fully saturated rings. The predicted molar refractivity (Wildman–Crippen MR) is 105 cm³/mol. The Kier molecular flexibility index (Phi) is 7.41. The third-order valence-electron chi connectivity index (χ3n) is 4.26. The number of amides is 1. The van der Waals surface area contributed by atoms with Crippen molar-refractivity contribution >= 4 is 11.9 Å². The fraction of sp³-hybridized carbons (Fsp3) is 0.364. The van der Waals surface area contributed by atoms with Gasteiger partial charge in [0.25, 0.3) is 5.91 Å². The highest BCUT2D eigenvalue weighted by molar-refractivity contribution is 5.81. The maximum absolute atomic E-state index is 11.9. The molecule has 0 spiro atoms. The third-order valence-corrected chi connectivity index (χ3v) is 4.26. The number of ether oxygens (including phenoxy) is 2. The minimum Gasteiger partial charge on any atom is -0.482 e. The molecular weight excluding hydrogens is 342 g/mol. The van der Waals surface area contributed by atoms with Crippen LogP contribution in [0.3, 0.4) is 0 Å². The van der Waals surface area contributed by atoms with Gasteiger partial charge in [-0.1, -0.05) is 50.2 Å². The first kappa shape index (κ1) is 20.5. The number of carbonyl (C=O) groups excluding carboxylic acids is 2. The average Bonchev–Trinajstić information content (AvgIpc) is 2.65. The molecule has 0 saturated carbocycles. The van der Waals surface area contributed by atoms with Crippen molar-refractivity contribution in [3.05, 3.63) is 65.2 Å². The molecule has 0 aliphatic carbocycles. The van der Waals surface area contributed by atoms with Crippen LogP contribution in [0.2, 0.25) is 0 Å². The zero-order valence-electron chi connectivity index (χ0n) is 16.3. The van der Waals surface area contributed by atoms with Crippen LogP contribution in [-0.2, 0) is 14.3 Å². The minimum atomic E-state index is -0.580. The summed E-state index contributed by atoms with van der Waals surface area (Å²) in [6, 6.07) is 15.2. The van der Waals surface area contributed by atoms with Crippen molar-refractivity contribution < 1.29 is 19.1 Å². The van der Waals surface area contributed by atoms with Crippen LogP contribution in [-0.4, -0.2) is 25.1 Å². The fourth-order valence-corrected chi connectivity index (χ4v) is 2.82. The molecule has 0 unspecified atom stereocenters. The molecule has 0 bridgehead atoms. The van der Waals surface area contributed by atoms with E-state index in [1.807, 2.05) is 62.4 Å². The van der Waals surface area contributed by atoms with Gasteiger partial charge in [-0.3, -0.25) is 4.79 Å². The van der Waals surface area contributed by atoms with Crippen molar-refractivity contribution in [1.82, 2.24) is 5.32 Å². The van der Waals surface area contributed by atoms with Gasteiger partial charge in [0.15, 0.2) is 13.2 Å². The maximum Gasteiger partial charge on any atom is 0.344 e. The van der Waals surface area contributed by atoms with Crippen molar-refractivity contribution in [2.75, 3.05) is 13.2 Å². The summed E-state index contributed by atoms with van der Waals surface area (Å²) in [4.78, 5) is 23.7. The van der Waals surface area contributed by atoms with Crippen LogP contribution in [0.1, 0.15) is 49.4 Å². The summed E-state index contributed by atoms with van der Waals surface area (Å²) in [7, 11) is 0. The van der Waals surface area contributed by atoms with Crippen molar-refractivity contribution in [2.45, 2.75) is 39.7 Å². The predicted octanol–water partition coefficient (Wildman–Crippen LogP) is 3.92. The monoisotopic (exact) mass is 369 g/mol. The molecule has 0 aliphatic rings. The van der Waals surface area contributed by atoms with Crippen molar-refractivity contribution in [1.29, 1.82) is 0 Å². The molecule has 0 radical (unpaired) electrons. The van der Waals surface area contributed by atoms with Gasteiger partial charge in [0.05, 0.1) is 6.04 Å². The van der Waals surface area contributed by atoms with Crippen LogP contribution in [0.4, 0.5) is 0 Å². The topological polar surface area (TPSA) is 64.6 Å².